The van der Waals surface area contributed by atoms with E-state index in [9.17, 15) is 13.6 Å². The predicted octanol–water partition coefficient (Wildman–Crippen LogP) is 4.22. The Labute approximate surface area is 123 Å². The molecular formula is C15H12BrF2NO. The summed E-state index contributed by atoms with van der Waals surface area (Å²) in [5, 5.41) is 2.74. The van der Waals surface area contributed by atoms with E-state index in [2.05, 4.69) is 21.2 Å². The van der Waals surface area contributed by atoms with Crippen LogP contribution in [0.3, 0.4) is 0 Å². The highest BCUT2D eigenvalue weighted by Gasteiger charge is 2.13. The molecule has 104 valence electrons. The van der Waals surface area contributed by atoms with Crippen molar-refractivity contribution in [3.8, 4) is 0 Å². The third-order valence-electron chi connectivity index (χ3n) is 2.88. The van der Waals surface area contributed by atoms with Gasteiger partial charge in [0, 0.05) is 10.0 Å². The van der Waals surface area contributed by atoms with Crippen LogP contribution < -0.4 is 5.32 Å². The quantitative estimate of drug-likeness (QED) is 0.891. The maximum Gasteiger partial charge on any atom is 0.251 e. The van der Waals surface area contributed by atoms with Gasteiger partial charge in [0.1, 0.15) is 0 Å². The Morgan fingerprint density at radius 3 is 2.55 bits per heavy atom. The molecule has 1 amide bonds. The third kappa shape index (κ3) is 3.42. The summed E-state index contributed by atoms with van der Waals surface area (Å²) in [6.45, 7) is 1.82. The Morgan fingerprint density at radius 1 is 1.15 bits per heavy atom. The lowest BCUT2D eigenvalue weighted by Crippen LogP contribution is -2.26. The summed E-state index contributed by atoms with van der Waals surface area (Å²) in [5.41, 5.74) is 1.00. The van der Waals surface area contributed by atoms with Crippen molar-refractivity contribution in [2.75, 3.05) is 0 Å². The van der Waals surface area contributed by atoms with Gasteiger partial charge < -0.3 is 5.32 Å². The van der Waals surface area contributed by atoms with Gasteiger partial charge in [0.15, 0.2) is 11.6 Å². The minimum atomic E-state index is -1.03. The molecule has 20 heavy (non-hydrogen) atoms. The molecule has 0 bridgehead atoms. The number of hydrogen-bond donors (Lipinski definition) is 1. The fraction of sp³-hybridized carbons (Fsp3) is 0.133. The lowest BCUT2D eigenvalue weighted by atomic mass is 10.1. The van der Waals surface area contributed by atoms with E-state index in [0.29, 0.717) is 0 Å². The summed E-state index contributed by atoms with van der Waals surface area (Å²) in [6, 6.07) is 10.3. The average molecular weight is 340 g/mol. The molecule has 0 aliphatic rings. The molecule has 0 fully saturated rings. The van der Waals surface area contributed by atoms with Crippen LogP contribution in [0.4, 0.5) is 8.78 Å². The second-order valence-corrected chi connectivity index (χ2v) is 5.29. The number of amides is 1. The normalized spacial score (nSPS) is 12.0. The van der Waals surface area contributed by atoms with E-state index in [1.807, 2.05) is 31.2 Å². The number of carbonyl (C=O) groups is 1. The average Bonchev–Trinajstić information content (AvgIpc) is 2.41. The lowest BCUT2D eigenvalue weighted by molar-refractivity contribution is 0.0939. The minimum Gasteiger partial charge on any atom is -0.346 e. The van der Waals surface area contributed by atoms with E-state index in [0.717, 1.165) is 22.2 Å². The number of halogens is 3. The van der Waals surface area contributed by atoms with Gasteiger partial charge in [0.25, 0.3) is 5.91 Å². The van der Waals surface area contributed by atoms with Crippen LogP contribution in [0.2, 0.25) is 0 Å². The molecule has 0 aliphatic carbocycles. The molecule has 2 aromatic rings. The summed E-state index contributed by atoms with van der Waals surface area (Å²) in [6.07, 6.45) is 0. The Balaban J connectivity index is 2.13. The van der Waals surface area contributed by atoms with Gasteiger partial charge in [-0.25, -0.2) is 8.78 Å². The molecule has 0 radical (unpaired) electrons. The largest absolute Gasteiger partial charge is 0.346 e. The first-order valence-electron chi connectivity index (χ1n) is 5.99. The molecule has 1 N–H and O–H groups in total. The fourth-order valence-corrected chi connectivity index (χ4v) is 2.19. The summed E-state index contributed by atoms with van der Waals surface area (Å²) in [4.78, 5) is 12.0. The maximum atomic E-state index is 13.1. The van der Waals surface area contributed by atoms with Gasteiger partial charge in [-0.05, 0) is 42.8 Å². The SMILES string of the molecule is C[C@H](NC(=O)c1ccc(F)c(F)c1)c1cccc(Br)c1. The van der Waals surface area contributed by atoms with Crippen molar-refractivity contribution >= 4 is 21.8 Å². The van der Waals surface area contributed by atoms with Crippen LogP contribution >= 0.6 is 15.9 Å². The number of nitrogens with one attached hydrogen (secondary N) is 1. The number of benzene rings is 2. The number of hydrogen-bond acceptors (Lipinski definition) is 1. The van der Waals surface area contributed by atoms with E-state index in [1.54, 1.807) is 0 Å². The van der Waals surface area contributed by atoms with Crippen molar-refractivity contribution < 1.29 is 13.6 Å². The van der Waals surface area contributed by atoms with Crippen molar-refractivity contribution in [3.05, 3.63) is 69.7 Å². The molecule has 2 rings (SSSR count). The van der Waals surface area contributed by atoms with E-state index in [-0.39, 0.29) is 11.6 Å². The molecule has 0 heterocycles. The summed E-state index contributed by atoms with van der Waals surface area (Å²) >= 11 is 3.36. The summed E-state index contributed by atoms with van der Waals surface area (Å²) < 4.78 is 26.8. The van der Waals surface area contributed by atoms with Gasteiger partial charge >= 0.3 is 0 Å². The molecule has 0 saturated heterocycles. The molecular weight excluding hydrogens is 328 g/mol. The van der Waals surface area contributed by atoms with Gasteiger partial charge in [0.2, 0.25) is 0 Å². The Morgan fingerprint density at radius 2 is 1.90 bits per heavy atom. The molecule has 0 saturated carbocycles. The molecule has 2 nitrogen and oxygen atoms in total. The van der Waals surface area contributed by atoms with Crippen LogP contribution in [0, 0.1) is 11.6 Å². The van der Waals surface area contributed by atoms with E-state index < -0.39 is 17.5 Å². The zero-order chi connectivity index (χ0) is 14.7. The van der Waals surface area contributed by atoms with Gasteiger partial charge in [-0.1, -0.05) is 28.1 Å². The minimum absolute atomic E-state index is 0.0887. The highest BCUT2D eigenvalue weighted by Crippen LogP contribution is 2.18. The second kappa shape index (κ2) is 6.13. The van der Waals surface area contributed by atoms with Crippen LogP contribution in [-0.4, -0.2) is 5.91 Å². The molecule has 0 aromatic heterocycles. The van der Waals surface area contributed by atoms with Crippen LogP contribution in [0.15, 0.2) is 46.9 Å². The van der Waals surface area contributed by atoms with Gasteiger partial charge in [-0.15, -0.1) is 0 Å². The topological polar surface area (TPSA) is 29.1 Å². The first kappa shape index (κ1) is 14.7. The highest BCUT2D eigenvalue weighted by molar-refractivity contribution is 9.10. The molecule has 2 aromatic carbocycles. The summed E-state index contributed by atoms with van der Waals surface area (Å²) in [7, 11) is 0. The Kier molecular flexibility index (Phi) is 4.49. The monoisotopic (exact) mass is 339 g/mol. The molecule has 0 spiro atoms. The van der Waals surface area contributed by atoms with Crippen LogP contribution in [0.1, 0.15) is 28.9 Å². The lowest BCUT2D eigenvalue weighted by Gasteiger charge is -2.14. The van der Waals surface area contributed by atoms with E-state index in [1.165, 1.54) is 6.07 Å². The smallest absolute Gasteiger partial charge is 0.251 e. The number of rotatable bonds is 3. The second-order valence-electron chi connectivity index (χ2n) is 4.38. The zero-order valence-electron chi connectivity index (χ0n) is 10.7. The predicted molar refractivity (Wildman–Crippen MR) is 76.4 cm³/mol. The van der Waals surface area contributed by atoms with Crippen molar-refractivity contribution in [1.29, 1.82) is 0 Å². The molecule has 1 atom stereocenters. The highest BCUT2D eigenvalue weighted by atomic mass is 79.9. The maximum absolute atomic E-state index is 13.1. The zero-order valence-corrected chi connectivity index (χ0v) is 12.2. The molecule has 5 heteroatoms. The van der Waals surface area contributed by atoms with Gasteiger partial charge in [0.05, 0.1) is 6.04 Å². The Hall–Kier alpha value is -1.75. The molecule has 0 aliphatic heterocycles. The van der Waals surface area contributed by atoms with Crippen LogP contribution in [0.5, 0.6) is 0 Å². The van der Waals surface area contributed by atoms with E-state index in [4.69, 9.17) is 0 Å². The Bertz CT molecular complexity index is 646. The first-order chi connectivity index (χ1) is 9.47. The van der Waals surface area contributed by atoms with E-state index >= 15 is 0 Å². The van der Waals surface area contributed by atoms with Crippen LogP contribution in [0.25, 0.3) is 0 Å². The standard InChI is InChI=1S/C15H12BrF2NO/c1-9(10-3-2-4-12(16)7-10)19-15(20)11-5-6-13(17)14(18)8-11/h2-9H,1H3,(H,19,20)/t9-/m0/s1. The van der Waals surface area contributed by atoms with Crippen molar-refractivity contribution in [2.45, 2.75) is 13.0 Å². The first-order valence-corrected chi connectivity index (χ1v) is 6.78. The third-order valence-corrected chi connectivity index (χ3v) is 3.37. The number of carbonyl (C=O) groups excluding carboxylic acids is 1. The van der Waals surface area contributed by atoms with Crippen molar-refractivity contribution in [3.63, 3.8) is 0 Å². The fourth-order valence-electron chi connectivity index (χ4n) is 1.78. The van der Waals surface area contributed by atoms with Gasteiger partial charge in [-0.2, -0.15) is 0 Å². The van der Waals surface area contributed by atoms with Gasteiger partial charge in [-0.3, -0.25) is 4.79 Å². The molecule has 0 unspecified atom stereocenters. The van der Waals surface area contributed by atoms with Crippen molar-refractivity contribution in [2.24, 2.45) is 0 Å². The van der Waals surface area contributed by atoms with Crippen molar-refractivity contribution in [1.82, 2.24) is 5.32 Å². The summed E-state index contributed by atoms with van der Waals surface area (Å²) in [5.74, 6) is -2.45. The van der Waals surface area contributed by atoms with Crippen LogP contribution in [-0.2, 0) is 0 Å².